The van der Waals surface area contributed by atoms with Gasteiger partial charge in [0, 0.05) is 22.9 Å². The highest BCUT2D eigenvalue weighted by Gasteiger charge is 2.34. The molecular weight excluding hydrogens is 372 g/mol. The van der Waals surface area contributed by atoms with Gasteiger partial charge in [0.2, 0.25) is 0 Å². The van der Waals surface area contributed by atoms with Gasteiger partial charge in [-0.2, -0.15) is 5.10 Å². The Morgan fingerprint density at radius 2 is 1.50 bits per heavy atom. The van der Waals surface area contributed by atoms with Crippen molar-refractivity contribution in [3.63, 3.8) is 0 Å². The fourth-order valence-electron chi connectivity index (χ4n) is 4.00. The zero-order valence-electron chi connectivity index (χ0n) is 16.3. The first-order chi connectivity index (χ1) is 14.7. The van der Waals surface area contributed by atoms with Crippen LogP contribution in [0.1, 0.15) is 33.9 Å². The van der Waals surface area contributed by atoms with Crippen LogP contribution >= 0.6 is 0 Å². The van der Waals surface area contributed by atoms with E-state index in [9.17, 15) is 9.90 Å². The van der Waals surface area contributed by atoms with Gasteiger partial charge in [-0.25, -0.2) is 5.01 Å². The average molecular weight is 392 g/mol. The van der Waals surface area contributed by atoms with Crippen molar-refractivity contribution in [3.8, 4) is 5.75 Å². The number of phenols is 1. The molecule has 1 amide bonds. The van der Waals surface area contributed by atoms with Gasteiger partial charge >= 0.3 is 0 Å². The number of carbonyl (C=O) groups excluding carboxylic acids is 1. The normalized spacial score (nSPS) is 15.9. The van der Waals surface area contributed by atoms with Crippen molar-refractivity contribution in [3.05, 3.63) is 114 Å². The number of benzene rings is 4. The van der Waals surface area contributed by atoms with Crippen LogP contribution in [-0.4, -0.2) is 21.7 Å². The second-order valence-electron chi connectivity index (χ2n) is 7.38. The molecule has 1 N–H and O–H groups in total. The fraction of sp³-hybridized carbons (Fsp3) is 0.0769. The molecule has 4 heteroatoms. The molecule has 4 aromatic carbocycles. The Hall–Kier alpha value is -3.92. The van der Waals surface area contributed by atoms with Crippen LogP contribution in [0.15, 0.2) is 102 Å². The van der Waals surface area contributed by atoms with E-state index in [2.05, 4.69) is 0 Å². The maximum absolute atomic E-state index is 13.3. The summed E-state index contributed by atoms with van der Waals surface area (Å²) in [6, 6.07) is 30.4. The standard InChI is InChI=1S/C26H20N2O2/c29-25-21-14-8-7-9-18(21)15-16-22(25)23-17-24(19-10-3-1-4-11-19)28(27-23)26(30)20-12-5-2-6-13-20/h1-16,24,29H,17H2/t24-/m0/s1. The number of hydrogen-bond donors (Lipinski definition) is 1. The van der Waals surface area contributed by atoms with Crippen LogP contribution in [0.5, 0.6) is 5.75 Å². The smallest absolute Gasteiger partial charge is 0.274 e. The Morgan fingerprint density at radius 1 is 0.833 bits per heavy atom. The number of hydrogen-bond acceptors (Lipinski definition) is 3. The molecule has 30 heavy (non-hydrogen) atoms. The third-order valence-corrected chi connectivity index (χ3v) is 5.54. The summed E-state index contributed by atoms with van der Waals surface area (Å²) in [5, 5.41) is 18.9. The molecule has 0 unspecified atom stereocenters. The zero-order chi connectivity index (χ0) is 20.5. The molecule has 0 aliphatic carbocycles. The predicted octanol–water partition coefficient (Wildman–Crippen LogP) is 5.54. The molecule has 0 radical (unpaired) electrons. The van der Waals surface area contributed by atoms with E-state index in [0.717, 1.165) is 16.3 Å². The maximum Gasteiger partial charge on any atom is 0.274 e. The van der Waals surface area contributed by atoms with Gasteiger partial charge in [0.05, 0.1) is 11.8 Å². The van der Waals surface area contributed by atoms with Crippen molar-refractivity contribution < 1.29 is 9.90 Å². The number of phenolic OH excluding ortho intramolecular Hbond substituents is 1. The average Bonchev–Trinajstić information content (AvgIpc) is 3.25. The number of rotatable bonds is 3. The molecular formula is C26H20N2O2. The minimum absolute atomic E-state index is 0.153. The van der Waals surface area contributed by atoms with Gasteiger partial charge in [-0.15, -0.1) is 0 Å². The molecule has 0 fully saturated rings. The molecule has 1 atom stereocenters. The molecule has 1 aliphatic rings. The van der Waals surface area contributed by atoms with Crippen molar-refractivity contribution in [1.82, 2.24) is 5.01 Å². The summed E-state index contributed by atoms with van der Waals surface area (Å²) < 4.78 is 0. The van der Waals surface area contributed by atoms with Gasteiger partial charge in [-0.1, -0.05) is 78.9 Å². The summed E-state index contributed by atoms with van der Waals surface area (Å²) in [5.74, 6) is 0.0485. The number of hydrazone groups is 1. The monoisotopic (exact) mass is 392 g/mol. The molecule has 0 spiro atoms. The van der Waals surface area contributed by atoms with Crippen molar-refractivity contribution in [2.24, 2.45) is 5.10 Å². The molecule has 0 saturated heterocycles. The Bertz CT molecular complexity index is 1250. The maximum atomic E-state index is 13.3. The number of aromatic hydroxyl groups is 1. The van der Waals surface area contributed by atoms with E-state index >= 15 is 0 Å². The topological polar surface area (TPSA) is 52.9 Å². The molecule has 1 heterocycles. The predicted molar refractivity (Wildman–Crippen MR) is 119 cm³/mol. The summed E-state index contributed by atoms with van der Waals surface area (Å²) in [5.41, 5.74) is 2.97. The second-order valence-corrected chi connectivity index (χ2v) is 7.38. The summed E-state index contributed by atoms with van der Waals surface area (Å²) in [7, 11) is 0. The Labute approximate surface area is 174 Å². The van der Waals surface area contributed by atoms with Crippen molar-refractivity contribution in [2.75, 3.05) is 0 Å². The van der Waals surface area contributed by atoms with Gasteiger partial charge in [0.25, 0.3) is 5.91 Å². The van der Waals surface area contributed by atoms with Crippen LogP contribution in [0.4, 0.5) is 0 Å². The van der Waals surface area contributed by atoms with Gasteiger partial charge in [0.15, 0.2) is 0 Å². The van der Waals surface area contributed by atoms with Gasteiger partial charge in [0.1, 0.15) is 5.75 Å². The summed E-state index contributed by atoms with van der Waals surface area (Å²) >= 11 is 0. The van der Waals surface area contributed by atoms with Crippen molar-refractivity contribution in [1.29, 1.82) is 0 Å². The lowest BCUT2D eigenvalue weighted by Crippen LogP contribution is -2.27. The number of fused-ring (bicyclic) bond motifs is 1. The van der Waals surface area contributed by atoms with Crippen LogP contribution in [-0.2, 0) is 0 Å². The first kappa shape index (κ1) is 18.1. The van der Waals surface area contributed by atoms with Crippen LogP contribution in [0.3, 0.4) is 0 Å². The molecule has 0 saturated carbocycles. The number of nitrogens with zero attached hydrogens (tertiary/aromatic N) is 2. The summed E-state index contributed by atoms with van der Waals surface area (Å²) in [4.78, 5) is 13.3. The quantitative estimate of drug-likeness (QED) is 0.498. The molecule has 1 aliphatic heterocycles. The molecule has 0 bridgehead atoms. The number of carbonyl (C=O) groups is 1. The Kier molecular flexibility index (Phi) is 4.52. The van der Waals surface area contributed by atoms with E-state index in [0.29, 0.717) is 23.3 Å². The lowest BCUT2D eigenvalue weighted by molar-refractivity contribution is 0.0711. The molecule has 4 aromatic rings. The van der Waals surface area contributed by atoms with E-state index in [1.54, 1.807) is 17.1 Å². The van der Waals surface area contributed by atoms with Crippen LogP contribution in [0.25, 0.3) is 10.8 Å². The minimum Gasteiger partial charge on any atom is -0.507 e. The Balaban J connectivity index is 1.60. The molecule has 5 rings (SSSR count). The van der Waals surface area contributed by atoms with E-state index in [4.69, 9.17) is 5.10 Å². The van der Waals surface area contributed by atoms with Crippen molar-refractivity contribution in [2.45, 2.75) is 12.5 Å². The molecule has 146 valence electrons. The lowest BCUT2D eigenvalue weighted by Gasteiger charge is -2.22. The van der Waals surface area contributed by atoms with Crippen molar-refractivity contribution >= 4 is 22.4 Å². The third kappa shape index (κ3) is 3.12. The first-order valence-electron chi connectivity index (χ1n) is 9.94. The van der Waals surface area contributed by atoms with E-state index < -0.39 is 0 Å². The van der Waals surface area contributed by atoms with Gasteiger partial charge < -0.3 is 5.11 Å². The lowest BCUT2D eigenvalue weighted by atomic mass is 9.96. The first-order valence-corrected chi connectivity index (χ1v) is 9.94. The number of amides is 1. The van der Waals surface area contributed by atoms with Gasteiger partial charge in [-0.3, -0.25) is 4.79 Å². The van der Waals surface area contributed by atoms with E-state index in [1.165, 1.54) is 0 Å². The van der Waals surface area contributed by atoms with Gasteiger partial charge in [-0.05, 0) is 29.1 Å². The van der Waals surface area contributed by atoms with Crippen LogP contribution in [0.2, 0.25) is 0 Å². The highest BCUT2D eigenvalue weighted by atomic mass is 16.3. The third-order valence-electron chi connectivity index (χ3n) is 5.54. The molecule has 0 aromatic heterocycles. The Morgan fingerprint density at radius 3 is 2.27 bits per heavy atom. The van der Waals surface area contributed by atoms with E-state index in [1.807, 2.05) is 84.9 Å². The fourth-order valence-corrected chi connectivity index (χ4v) is 4.00. The zero-order valence-corrected chi connectivity index (χ0v) is 16.3. The molecule has 4 nitrogen and oxygen atoms in total. The second kappa shape index (κ2) is 7.48. The summed E-state index contributed by atoms with van der Waals surface area (Å²) in [6.45, 7) is 0. The minimum atomic E-state index is -0.222. The largest absolute Gasteiger partial charge is 0.507 e. The van der Waals surface area contributed by atoms with E-state index in [-0.39, 0.29) is 17.7 Å². The highest BCUT2D eigenvalue weighted by Crippen LogP contribution is 2.37. The SMILES string of the molecule is O=C(c1ccccc1)N1N=C(c2ccc3ccccc3c2O)C[C@H]1c1ccccc1. The highest BCUT2D eigenvalue weighted by molar-refractivity contribution is 6.10. The summed E-state index contributed by atoms with van der Waals surface area (Å²) in [6.07, 6.45) is 0.536. The van der Waals surface area contributed by atoms with Crippen LogP contribution in [0, 0.1) is 0 Å². The van der Waals surface area contributed by atoms with Crippen LogP contribution < -0.4 is 0 Å².